The Morgan fingerprint density at radius 1 is 1.24 bits per heavy atom. The highest BCUT2D eigenvalue weighted by molar-refractivity contribution is 6.55. The molecule has 1 heterocycles. The maximum Gasteiger partial charge on any atom is 0.491 e. The molecule has 4 N–H and O–H groups in total. The van der Waals surface area contributed by atoms with Crippen LogP contribution >= 0.6 is 0 Å². The molecule has 0 spiro atoms. The molecule has 0 unspecified atom stereocenters. The molecule has 21 heavy (non-hydrogen) atoms. The van der Waals surface area contributed by atoms with E-state index in [0.717, 1.165) is 0 Å². The van der Waals surface area contributed by atoms with Gasteiger partial charge in [-0.05, 0) is 39.2 Å². The van der Waals surface area contributed by atoms with Gasteiger partial charge >= 0.3 is 7.12 Å². The Labute approximate surface area is 125 Å². The van der Waals surface area contributed by atoms with Crippen molar-refractivity contribution in [3.63, 3.8) is 0 Å². The van der Waals surface area contributed by atoms with E-state index in [1.54, 1.807) is 18.2 Å². The van der Waals surface area contributed by atoms with E-state index < -0.39 is 24.1 Å². The highest BCUT2D eigenvalue weighted by Gasteiger charge is 2.52. The number of hydrogen-bond acceptors (Lipinski definition) is 4. The Balaban J connectivity index is 2.33. The first-order chi connectivity index (χ1) is 9.68. The summed E-state index contributed by atoms with van der Waals surface area (Å²) in [6, 6.07) is 4.86. The van der Waals surface area contributed by atoms with Crippen molar-refractivity contribution in [1.82, 2.24) is 0 Å². The molecule has 1 aromatic rings. The third-order valence-corrected chi connectivity index (χ3v) is 4.19. The van der Waals surface area contributed by atoms with Gasteiger partial charge in [-0.2, -0.15) is 0 Å². The van der Waals surface area contributed by atoms with Crippen molar-refractivity contribution in [2.24, 2.45) is 5.73 Å². The Bertz CT molecular complexity index is 557. The SMILES string of the molecule is CC1(C)OB(C(=Cc2cccc(N)c2F)CN)OC1(C)C. The molecule has 1 saturated heterocycles. The average Bonchev–Trinajstić information content (AvgIpc) is 2.60. The zero-order valence-corrected chi connectivity index (χ0v) is 12.9. The first-order valence-electron chi connectivity index (χ1n) is 6.98. The van der Waals surface area contributed by atoms with Crippen LogP contribution < -0.4 is 11.5 Å². The van der Waals surface area contributed by atoms with Crippen LogP contribution in [0.15, 0.2) is 23.7 Å². The molecule has 4 nitrogen and oxygen atoms in total. The van der Waals surface area contributed by atoms with Gasteiger partial charge in [-0.15, -0.1) is 0 Å². The third-order valence-electron chi connectivity index (χ3n) is 4.19. The standard InChI is InChI=1S/C15H22BFN2O2/c1-14(2)15(3,4)21-16(20-14)11(9-18)8-10-6-5-7-12(19)13(10)17/h5-8H,9,18-19H2,1-4H3. The van der Waals surface area contributed by atoms with Crippen LogP contribution in [0.25, 0.3) is 6.08 Å². The molecule has 1 aliphatic heterocycles. The van der Waals surface area contributed by atoms with E-state index in [2.05, 4.69) is 0 Å². The lowest BCUT2D eigenvalue weighted by Gasteiger charge is -2.32. The molecular formula is C15H22BFN2O2. The van der Waals surface area contributed by atoms with E-state index in [4.69, 9.17) is 20.8 Å². The fourth-order valence-electron chi connectivity index (χ4n) is 2.10. The van der Waals surface area contributed by atoms with Gasteiger partial charge in [-0.25, -0.2) is 4.39 Å². The van der Waals surface area contributed by atoms with Gasteiger partial charge in [0.1, 0.15) is 0 Å². The molecule has 1 aromatic carbocycles. The Hall–Kier alpha value is -1.37. The maximum absolute atomic E-state index is 14.0. The van der Waals surface area contributed by atoms with E-state index in [1.807, 2.05) is 27.7 Å². The predicted molar refractivity (Wildman–Crippen MR) is 83.9 cm³/mol. The molecule has 0 aliphatic carbocycles. The van der Waals surface area contributed by atoms with Crippen LogP contribution in [0, 0.1) is 5.82 Å². The third kappa shape index (κ3) is 2.97. The fourth-order valence-corrected chi connectivity index (χ4v) is 2.10. The average molecular weight is 292 g/mol. The normalized spacial score (nSPS) is 20.9. The van der Waals surface area contributed by atoms with Crippen LogP contribution in [0.1, 0.15) is 33.3 Å². The van der Waals surface area contributed by atoms with E-state index in [1.165, 1.54) is 6.07 Å². The van der Waals surface area contributed by atoms with Gasteiger partial charge in [0.2, 0.25) is 0 Å². The zero-order chi connectivity index (χ0) is 15.8. The van der Waals surface area contributed by atoms with Crippen molar-refractivity contribution < 1.29 is 13.7 Å². The van der Waals surface area contributed by atoms with Gasteiger partial charge in [0.15, 0.2) is 5.82 Å². The van der Waals surface area contributed by atoms with E-state index >= 15 is 0 Å². The van der Waals surface area contributed by atoms with Crippen LogP contribution in [0.4, 0.5) is 10.1 Å². The van der Waals surface area contributed by atoms with Gasteiger partial charge in [0, 0.05) is 12.1 Å². The largest absolute Gasteiger partial charge is 0.491 e. The van der Waals surface area contributed by atoms with E-state index in [9.17, 15) is 4.39 Å². The van der Waals surface area contributed by atoms with E-state index in [0.29, 0.717) is 11.0 Å². The molecule has 0 radical (unpaired) electrons. The van der Waals surface area contributed by atoms with Crippen molar-refractivity contribution >= 4 is 18.9 Å². The van der Waals surface area contributed by atoms with Crippen LogP contribution in [-0.4, -0.2) is 24.9 Å². The summed E-state index contributed by atoms with van der Waals surface area (Å²) >= 11 is 0. The molecule has 0 amide bonds. The van der Waals surface area contributed by atoms with Crippen LogP contribution in [0.3, 0.4) is 0 Å². The summed E-state index contributed by atoms with van der Waals surface area (Å²) in [5.74, 6) is -0.458. The molecule has 2 rings (SSSR count). The molecule has 114 valence electrons. The maximum atomic E-state index is 14.0. The molecular weight excluding hydrogens is 270 g/mol. The van der Waals surface area contributed by atoms with Gasteiger partial charge in [-0.1, -0.05) is 18.2 Å². The fraction of sp³-hybridized carbons (Fsp3) is 0.467. The topological polar surface area (TPSA) is 70.5 Å². The van der Waals surface area contributed by atoms with Gasteiger partial charge in [0.25, 0.3) is 0 Å². The number of rotatable bonds is 3. The molecule has 1 aliphatic rings. The van der Waals surface area contributed by atoms with Gasteiger partial charge < -0.3 is 20.8 Å². The molecule has 6 heteroatoms. The van der Waals surface area contributed by atoms with Crippen molar-refractivity contribution in [3.05, 3.63) is 35.1 Å². The number of nitrogens with two attached hydrogens (primary N) is 2. The summed E-state index contributed by atoms with van der Waals surface area (Å²) in [6.07, 6.45) is 1.65. The zero-order valence-electron chi connectivity index (χ0n) is 12.9. The highest BCUT2D eigenvalue weighted by Crippen LogP contribution is 2.38. The summed E-state index contributed by atoms with van der Waals surface area (Å²) in [5.41, 5.74) is 11.6. The van der Waals surface area contributed by atoms with Crippen LogP contribution in [0.5, 0.6) is 0 Å². The molecule has 1 fully saturated rings. The first-order valence-corrected chi connectivity index (χ1v) is 6.98. The Morgan fingerprint density at radius 3 is 2.33 bits per heavy atom. The summed E-state index contributed by atoms with van der Waals surface area (Å²) in [5, 5.41) is 0. The smallest absolute Gasteiger partial charge is 0.400 e. The van der Waals surface area contributed by atoms with Crippen LogP contribution in [0.2, 0.25) is 0 Å². The number of hydrogen-bond donors (Lipinski definition) is 2. The second kappa shape index (κ2) is 5.44. The molecule has 0 saturated carbocycles. The number of benzene rings is 1. The number of nitrogen functional groups attached to an aromatic ring is 1. The Kier molecular flexibility index (Phi) is 4.15. The summed E-state index contributed by atoms with van der Waals surface area (Å²) in [7, 11) is -0.583. The lowest BCUT2D eigenvalue weighted by molar-refractivity contribution is 0.00578. The summed E-state index contributed by atoms with van der Waals surface area (Å²) in [4.78, 5) is 0. The molecule has 0 bridgehead atoms. The first kappa shape index (κ1) is 16.0. The quantitative estimate of drug-likeness (QED) is 0.663. The van der Waals surface area contributed by atoms with Gasteiger partial charge in [-0.3, -0.25) is 0 Å². The Morgan fingerprint density at radius 2 is 1.81 bits per heavy atom. The van der Waals surface area contributed by atoms with Crippen molar-refractivity contribution in [2.75, 3.05) is 12.3 Å². The lowest BCUT2D eigenvalue weighted by atomic mass is 9.77. The van der Waals surface area contributed by atoms with E-state index in [-0.39, 0.29) is 12.2 Å². The second-order valence-electron chi connectivity index (χ2n) is 6.26. The van der Waals surface area contributed by atoms with Crippen molar-refractivity contribution in [3.8, 4) is 0 Å². The minimum absolute atomic E-state index is 0.106. The number of halogens is 1. The minimum atomic E-state index is -0.583. The molecule has 0 atom stereocenters. The van der Waals surface area contributed by atoms with Crippen LogP contribution in [-0.2, 0) is 9.31 Å². The lowest BCUT2D eigenvalue weighted by Crippen LogP contribution is -2.41. The predicted octanol–water partition coefficient (Wildman–Crippen LogP) is 2.38. The highest BCUT2D eigenvalue weighted by atomic mass is 19.1. The van der Waals surface area contributed by atoms with Crippen molar-refractivity contribution in [1.29, 1.82) is 0 Å². The molecule has 0 aromatic heterocycles. The second-order valence-corrected chi connectivity index (χ2v) is 6.26. The van der Waals surface area contributed by atoms with Crippen molar-refractivity contribution in [2.45, 2.75) is 38.9 Å². The summed E-state index contributed by atoms with van der Waals surface area (Å²) < 4.78 is 25.9. The minimum Gasteiger partial charge on any atom is -0.400 e. The monoisotopic (exact) mass is 292 g/mol. The number of anilines is 1. The summed E-state index contributed by atoms with van der Waals surface area (Å²) in [6.45, 7) is 8.06. The van der Waals surface area contributed by atoms with Gasteiger partial charge in [0.05, 0.1) is 16.9 Å².